The van der Waals surface area contributed by atoms with Gasteiger partial charge in [0.05, 0.1) is 0 Å². The maximum atomic E-state index is 11.6. The highest BCUT2D eigenvalue weighted by Gasteiger charge is 2.52. The summed E-state index contributed by atoms with van der Waals surface area (Å²) in [4.78, 5) is 22.4. The average molecular weight is 441 g/mol. The number of aliphatic hydroxyl groups is 4. The van der Waals surface area contributed by atoms with Crippen LogP contribution < -0.4 is 5.32 Å². The lowest BCUT2D eigenvalue weighted by atomic mass is 9.99. The van der Waals surface area contributed by atoms with Crippen LogP contribution >= 0.6 is 0 Å². The molecule has 2 fully saturated rings. The predicted molar refractivity (Wildman–Crippen MR) is 90.9 cm³/mol. The molecule has 0 aromatic rings. The van der Waals surface area contributed by atoms with E-state index >= 15 is 0 Å². The molecule has 2 saturated heterocycles. The Balaban J connectivity index is 2.28. The summed E-state index contributed by atoms with van der Waals surface area (Å²) < 4.78 is 36.2. The third-order valence-corrected chi connectivity index (χ3v) is 4.63. The summed E-state index contributed by atoms with van der Waals surface area (Å²) in [5.41, 5.74) is 0. The number of hydrogen-bond acceptors (Lipinski definition) is 13. The zero-order chi connectivity index (χ0) is 22.4. The van der Waals surface area contributed by atoms with Gasteiger partial charge in [-0.15, -0.1) is 0 Å². The van der Waals surface area contributed by atoms with E-state index in [1.807, 2.05) is 0 Å². The van der Waals surface area contributed by atoms with Crippen LogP contribution in [-0.2, 0) is 42.7 Å². The van der Waals surface area contributed by atoms with E-state index in [-0.39, 0.29) is 6.47 Å². The van der Waals surface area contributed by atoms with E-state index < -0.39 is 74.4 Å². The Morgan fingerprint density at radius 1 is 0.967 bits per heavy atom. The first-order valence-corrected chi connectivity index (χ1v) is 8.93. The topological polar surface area (TPSA) is 192 Å². The molecule has 0 saturated carbocycles. The van der Waals surface area contributed by atoms with Crippen molar-refractivity contribution < 1.29 is 63.2 Å². The van der Waals surface area contributed by atoms with Gasteiger partial charge in [0.1, 0.15) is 43.4 Å². The van der Waals surface area contributed by atoms with Gasteiger partial charge in [-0.25, -0.2) is 0 Å². The average Bonchev–Trinajstić information content (AvgIpc) is 2.70. The highest BCUT2D eigenvalue weighted by atomic mass is 16.8. The van der Waals surface area contributed by atoms with Gasteiger partial charge in [-0.1, -0.05) is 0 Å². The van der Waals surface area contributed by atoms with Gasteiger partial charge in [0.2, 0.25) is 12.2 Å². The van der Waals surface area contributed by atoms with Crippen molar-refractivity contribution in [1.29, 1.82) is 0 Å². The fraction of sp³-hybridized carbons (Fsp3) is 0.875. The fourth-order valence-corrected chi connectivity index (χ4v) is 3.27. The number of carbonyl (C=O) groups is 2. The van der Waals surface area contributed by atoms with Crippen molar-refractivity contribution in [2.45, 2.75) is 68.6 Å². The lowest BCUT2D eigenvalue weighted by Crippen LogP contribution is -2.67. The second kappa shape index (κ2) is 11.2. The van der Waals surface area contributed by atoms with E-state index in [0.717, 1.165) is 0 Å². The smallest absolute Gasteiger partial charge is 0.295 e. The van der Waals surface area contributed by atoms with Crippen LogP contribution in [0.3, 0.4) is 0 Å². The van der Waals surface area contributed by atoms with Crippen LogP contribution in [0.5, 0.6) is 0 Å². The molecular formula is C16H27NO13. The highest BCUT2D eigenvalue weighted by Crippen LogP contribution is 2.30. The summed E-state index contributed by atoms with van der Waals surface area (Å²) in [5, 5.41) is 42.8. The molecule has 2 heterocycles. The molecule has 30 heavy (non-hydrogen) atoms. The first kappa shape index (κ1) is 24.8. The molecule has 0 spiro atoms. The van der Waals surface area contributed by atoms with Crippen molar-refractivity contribution in [3.63, 3.8) is 0 Å². The Hall–Kier alpha value is -1.46. The molecule has 0 aliphatic carbocycles. The van der Waals surface area contributed by atoms with Crippen molar-refractivity contribution in [2.24, 2.45) is 0 Å². The number of methoxy groups -OCH3 is 2. The Kier molecular flexibility index (Phi) is 9.30. The maximum absolute atomic E-state index is 11.6. The van der Waals surface area contributed by atoms with E-state index in [4.69, 9.17) is 33.5 Å². The van der Waals surface area contributed by atoms with Crippen LogP contribution in [0.1, 0.15) is 6.92 Å². The van der Waals surface area contributed by atoms with Gasteiger partial charge in [0.15, 0.2) is 18.9 Å². The molecule has 5 N–H and O–H groups in total. The molecule has 0 aromatic heterocycles. The lowest BCUT2D eigenvalue weighted by molar-refractivity contribution is -0.388. The second-order valence-electron chi connectivity index (χ2n) is 6.51. The van der Waals surface area contributed by atoms with Crippen LogP contribution in [0, 0.1) is 0 Å². The summed E-state index contributed by atoms with van der Waals surface area (Å²) >= 11 is 0. The van der Waals surface area contributed by atoms with Crippen LogP contribution in [0.15, 0.2) is 0 Å². The first-order valence-electron chi connectivity index (χ1n) is 8.93. The molecule has 6 unspecified atom stereocenters. The Bertz CT molecular complexity index is 565. The normalized spacial score (nSPS) is 41.8. The molecule has 2 aliphatic heterocycles. The molecular weight excluding hydrogens is 414 g/mol. The third-order valence-electron chi connectivity index (χ3n) is 4.63. The van der Waals surface area contributed by atoms with Crippen LogP contribution in [0.2, 0.25) is 0 Å². The summed E-state index contributed by atoms with van der Waals surface area (Å²) in [6, 6.07) is -1.13. The minimum atomic E-state index is -1.67. The van der Waals surface area contributed by atoms with Crippen molar-refractivity contribution >= 4 is 12.4 Å². The molecule has 0 radical (unpaired) electrons. The number of amides is 1. The van der Waals surface area contributed by atoms with Gasteiger partial charge in [0, 0.05) is 21.1 Å². The predicted octanol–water partition coefficient (Wildman–Crippen LogP) is -3.88. The molecule has 174 valence electrons. The molecule has 10 atom stereocenters. The molecule has 1 amide bonds. The third kappa shape index (κ3) is 5.42. The Morgan fingerprint density at radius 2 is 1.63 bits per heavy atom. The highest BCUT2D eigenvalue weighted by molar-refractivity contribution is 5.73. The van der Waals surface area contributed by atoms with Crippen LogP contribution in [-0.4, -0.2) is 116 Å². The Morgan fingerprint density at radius 3 is 2.17 bits per heavy atom. The molecule has 14 heteroatoms. The van der Waals surface area contributed by atoms with Crippen molar-refractivity contribution in [1.82, 2.24) is 5.32 Å². The minimum absolute atomic E-state index is 0.0421. The minimum Gasteiger partial charge on any atom is -0.435 e. The van der Waals surface area contributed by atoms with Gasteiger partial charge in [-0.3, -0.25) is 9.59 Å². The quantitative estimate of drug-likeness (QED) is 0.173. The van der Waals surface area contributed by atoms with Crippen LogP contribution in [0.25, 0.3) is 0 Å². The van der Waals surface area contributed by atoms with E-state index in [9.17, 15) is 24.9 Å². The number of aliphatic hydroxyl groups excluding tert-OH is 4. The van der Waals surface area contributed by atoms with Crippen molar-refractivity contribution in [3.8, 4) is 0 Å². The maximum Gasteiger partial charge on any atom is 0.295 e. The van der Waals surface area contributed by atoms with Gasteiger partial charge in [0.25, 0.3) is 6.47 Å². The van der Waals surface area contributed by atoms with Gasteiger partial charge >= 0.3 is 0 Å². The van der Waals surface area contributed by atoms with Crippen molar-refractivity contribution in [3.05, 3.63) is 0 Å². The van der Waals surface area contributed by atoms with Crippen LogP contribution in [0.4, 0.5) is 0 Å². The number of rotatable bonds is 9. The summed E-state index contributed by atoms with van der Waals surface area (Å²) in [7, 11) is 2.48. The molecule has 0 bridgehead atoms. The van der Waals surface area contributed by atoms with E-state index in [1.165, 1.54) is 21.1 Å². The lowest BCUT2D eigenvalue weighted by Gasteiger charge is -2.47. The number of hydrogen-bond donors (Lipinski definition) is 5. The molecule has 0 aromatic carbocycles. The Labute approximate surface area is 171 Å². The number of nitrogens with one attached hydrogen (secondary N) is 1. The summed E-state index contributed by atoms with van der Waals surface area (Å²) in [5.74, 6) is -0.521. The molecule has 14 nitrogen and oxygen atoms in total. The molecule has 2 aliphatic rings. The number of carbonyl (C=O) groups excluding carboxylic acids is 2. The SMILES string of the molecule is COC1OC(OC=O)[C@@H](O)C(OC2OC(OCO)[C@@H](OC)C(O)[C@@H]2O)[C@@H]1NC(C)=O. The van der Waals surface area contributed by atoms with Gasteiger partial charge in [-0.2, -0.15) is 0 Å². The standard InChI is InChI=1S/C16H27NO13/c1-6(20)17-7-11(10(23)14(26-4-18)29-13(7)25-3)28-15-9(22)8(21)12(24-2)16(30-15)27-5-19/h4,7-16,19,21-23H,5H2,1-3H3,(H,17,20)/t7-,8?,9-,10-,11?,12-,13?,14?,15?,16?/m0/s1. The summed E-state index contributed by atoms with van der Waals surface area (Å²) in [6.07, 6.45) is -13.1. The molecule has 2 rings (SSSR count). The summed E-state index contributed by atoms with van der Waals surface area (Å²) in [6.45, 7) is 0.462. The number of ether oxygens (including phenoxy) is 7. The monoisotopic (exact) mass is 441 g/mol. The van der Waals surface area contributed by atoms with E-state index in [1.54, 1.807) is 0 Å². The fourth-order valence-electron chi connectivity index (χ4n) is 3.27. The van der Waals surface area contributed by atoms with E-state index in [2.05, 4.69) is 10.1 Å². The largest absolute Gasteiger partial charge is 0.435 e. The van der Waals surface area contributed by atoms with E-state index in [0.29, 0.717) is 0 Å². The second-order valence-corrected chi connectivity index (χ2v) is 6.51. The zero-order valence-corrected chi connectivity index (χ0v) is 16.5. The zero-order valence-electron chi connectivity index (χ0n) is 16.5. The first-order chi connectivity index (χ1) is 14.3. The van der Waals surface area contributed by atoms with Gasteiger partial charge in [-0.05, 0) is 0 Å². The van der Waals surface area contributed by atoms with Gasteiger partial charge < -0.3 is 58.9 Å². The van der Waals surface area contributed by atoms with Crippen molar-refractivity contribution in [2.75, 3.05) is 21.0 Å².